The van der Waals surface area contributed by atoms with Gasteiger partial charge >= 0.3 is 0 Å². The van der Waals surface area contributed by atoms with Gasteiger partial charge in [0.05, 0.1) is 12.1 Å². The van der Waals surface area contributed by atoms with Crippen molar-refractivity contribution >= 4 is 12.0 Å². The first-order chi connectivity index (χ1) is 10.3. The summed E-state index contributed by atoms with van der Waals surface area (Å²) in [7, 11) is 0. The summed E-state index contributed by atoms with van der Waals surface area (Å²) in [5.74, 6) is 0.944. The molecule has 2 saturated heterocycles. The Bertz CT molecular complexity index is 599. The van der Waals surface area contributed by atoms with Crippen molar-refractivity contribution in [3.63, 3.8) is 0 Å². The molecule has 0 aromatic heterocycles. The molecule has 110 valence electrons. The molecule has 5 nitrogen and oxygen atoms in total. The number of morpholine rings is 1. The molecule has 2 atom stereocenters. The number of hydrogen-bond acceptors (Lipinski definition) is 4. The number of rotatable bonds is 2. The van der Waals surface area contributed by atoms with E-state index in [0.29, 0.717) is 6.61 Å². The molecule has 1 aromatic carbocycles. The van der Waals surface area contributed by atoms with Gasteiger partial charge in [-0.1, -0.05) is 18.2 Å². The zero-order valence-corrected chi connectivity index (χ0v) is 11.7. The van der Waals surface area contributed by atoms with E-state index >= 15 is 0 Å². The van der Waals surface area contributed by atoms with Crippen LogP contribution in [-0.4, -0.2) is 55.8 Å². The average Bonchev–Trinajstić information content (AvgIpc) is 2.88. The van der Waals surface area contributed by atoms with Gasteiger partial charge in [-0.15, -0.1) is 0 Å². The summed E-state index contributed by atoms with van der Waals surface area (Å²) in [4.78, 5) is 13.7. The normalized spacial score (nSPS) is 28.2. The molecule has 1 N–H and O–H groups in total. The van der Waals surface area contributed by atoms with Crippen LogP contribution in [0.4, 0.5) is 0 Å². The Morgan fingerprint density at radius 2 is 2.14 bits per heavy atom. The highest BCUT2D eigenvalue weighted by molar-refractivity contribution is 5.78. The predicted octanol–water partition coefficient (Wildman–Crippen LogP) is 0.662. The fourth-order valence-electron chi connectivity index (χ4n) is 3.26. The zero-order chi connectivity index (χ0) is 14.2. The number of nitrogens with one attached hydrogen (secondary N) is 1. The second-order valence-corrected chi connectivity index (χ2v) is 5.85. The number of benzene rings is 1. The van der Waals surface area contributed by atoms with Gasteiger partial charge in [0.2, 0.25) is 5.91 Å². The smallest absolute Gasteiger partial charge is 0.246 e. The molecule has 21 heavy (non-hydrogen) atoms. The minimum atomic E-state index is -0.00718. The van der Waals surface area contributed by atoms with Crippen LogP contribution in [0.3, 0.4) is 0 Å². The molecule has 4 rings (SSSR count). The maximum Gasteiger partial charge on any atom is 0.246 e. The van der Waals surface area contributed by atoms with Gasteiger partial charge in [0.1, 0.15) is 19.0 Å². The molecule has 1 amide bonds. The van der Waals surface area contributed by atoms with Crippen LogP contribution >= 0.6 is 0 Å². The summed E-state index contributed by atoms with van der Waals surface area (Å²) in [6, 6.07) is 8.21. The van der Waals surface area contributed by atoms with E-state index in [1.54, 1.807) is 0 Å². The van der Waals surface area contributed by atoms with Crippen LogP contribution in [0.15, 0.2) is 29.8 Å². The van der Waals surface area contributed by atoms with Gasteiger partial charge in [-0.25, -0.2) is 0 Å². The molecular weight excluding hydrogens is 268 g/mol. The van der Waals surface area contributed by atoms with Crippen LogP contribution in [0.25, 0.3) is 6.08 Å². The van der Waals surface area contributed by atoms with Crippen molar-refractivity contribution in [2.75, 3.05) is 32.8 Å². The van der Waals surface area contributed by atoms with Gasteiger partial charge in [0.25, 0.3) is 0 Å². The minimum Gasteiger partial charge on any atom is -0.489 e. The first-order valence-electron chi connectivity index (χ1n) is 7.32. The molecule has 0 aliphatic carbocycles. The molecule has 0 unspecified atom stereocenters. The Balaban J connectivity index is 1.44. The maximum atomic E-state index is 11.4. The molecule has 3 heterocycles. The first-order valence-corrected chi connectivity index (χ1v) is 7.32. The molecule has 5 heteroatoms. The largest absolute Gasteiger partial charge is 0.489 e. The number of carbonyl (C=O) groups excluding carboxylic acids is 1. The summed E-state index contributed by atoms with van der Waals surface area (Å²) in [6.45, 7) is 3.39. The van der Waals surface area contributed by atoms with Gasteiger partial charge in [0, 0.05) is 25.2 Å². The number of nitrogens with zero attached hydrogens (tertiary/aromatic N) is 1. The highest BCUT2D eigenvalue weighted by atomic mass is 16.5. The van der Waals surface area contributed by atoms with Gasteiger partial charge in [-0.2, -0.15) is 0 Å². The number of carbonyl (C=O) groups is 1. The van der Waals surface area contributed by atoms with Crippen molar-refractivity contribution in [2.24, 2.45) is 0 Å². The zero-order valence-electron chi connectivity index (χ0n) is 11.7. The van der Waals surface area contributed by atoms with Crippen molar-refractivity contribution in [1.29, 1.82) is 0 Å². The highest BCUT2D eigenvalue weighted by Gasteiger charge is 2.38. The number of amides is 1. The van der Waals surface area contributed by atoms with Crippen LogP contribution in [-0.2, 0) is 9.53 Å². The Morgan fingerprint density at radius 1 is 1.24 bits per heavy atom. The van der Waals surface area contributed by atoms with Gasteiger partial charge < -0.3 is 14.8 Å². The minimum absolute atomic E-state index is 0.00718. The lowest BCUT2D eigenvalue weighted by Crippen LogP contribution is -2.50. The van der Waals surface area contributed by atoms with E-state index in [1.807, 2.05) is 18.2 Å². The summed E-state index contributed by atoms with van der Waals surface area (Å²) in [5.41, 5.74) is 2.40. The lowest BCUT2D eigenvalue weighted by molar-refractivity contribution is -0.134. The topological polar surface area (TPSA) is 50.8 Å². The van der Waals surface area contributed by atoms with Gasteiger partial charge in [-0.05, 0) is 17.7 Å². The summed E-state index contributed by atoms with van der Waals surface area (Å²) >= 11 is 0. The highest BCUT2D eigenvalue weighted by Crippen LogP contribution is 2.27. The lowest BCUT2D eigenvalue weighted by Gasteiger charge is -2.25. The van der Waals surface area contributed by atoms with E-state index in [1.165, 1.54) is 5.57 Å². The Hall–Kier alpha value is -1.85. The van der Waals surface area contributed by atoms with Crippen molar-refractivity contribution in [1.82, 2.24) is 10.2 Å². The fraction of sp³-hybridized carbons (Fsp3) is 0.438. The standard InChI is InChI=1S/C16H18N2O3/c19-16-10-21-15-8-18(7-13(15)17-16)6-11-5-12-3-1-2-4-14(12)20-9-11/h1-5,13,15H,6-10H2,(H,17,19)/t13-,15-/m0/s1. The molecule has 1 aromatic rings. The van der Waals surface area contributed by atoms with Crippen molar-refractivity contribution in [3.8, 4) is 5.75 Å². The van der Waals surface area contributed by atoms with E-state index in [0.717, 1.165) is 30.9 Å². The first kappa shape index (κ1) is 12.9. The molecule has 0 radical (unpaired) electrons. The maximum absolute atomic E-state index is 11.4. The SMILES string of the molecule is O=C1CO[C@H]2CN(CC3=Cc4ccccc4OC3)C[C@@H]2N1. The van der Waals surface area contributed by atoms with E-state index in [2.05, 4.69) is 22.4 Å². The van der Waals surface area contributed by atoms with Crippen LogP contribution in [0.1, 0.15) is 5.56 Å². The monoisotopic (exact) mass is 286 g/mol. The number of para-hydroxylation sites is 1. The van der Waals surface area contributed by atoms with Crippen LogP contribution in [0, 0.1) is 0 Å². The van der Waals surface area contributed by atoms with Crippen molar-refractivity contribution in [2.45, 2.75) is 12.1 Å². The third-order valence-electron chi connectivity index (χ3n) is 4.24. The van der Waals surface area contributed by atoms with Crippen LogP contribution < -0.4 is 10.1 Å². The van der Waals surface area contributed by atoms with Gasteiger partial charge in [-0.3, -0.25) is 9.69 Å². The third-order valence-corrected chi connectivity index (χ3v) is 4.24. The van der Waals surface area contributed by atoms with Crippen LogP contribution in [0.5, 0.6) is 5.75 Å². The molecular formula is C16H18N2O3. The van der Waals surface area contributed by atoms with Gasteiger partial charge in [0.15, 0.2) is 0 Å². The average molecular weight is 286 g/mol. The van der Waals surface area contributed by atoms with E-state index in [-0.39, 0.29) is 24.7 Å². The number of fused-ring (bicyclic) bond motifs is 2. The second-order valence-electron chi connectivity index (χ2n) is 5.85. The quantitative estimate of drug-likeness (QED) is 0.868. The summed E-state index contributed by atoms with van der Waals surface area (Å²) in [5, 5.41) is 3.00. The summed E-state index contributed by atoms with van der Waals surface area (Å²) < 4.78 is 11.4. The van der Waals surface area contributed by atoms with Crippen molar-refractivity contribution < 1.29 is 14.3 Å². The molecule has 2 fully saturated rings. The molecule has 0 spiro atoms. The third kappa shape index (κ3) is 2.54. The van der Waals surface area contributed by atoms with Crippen molar-refractivity contribution in [3.05, 3.63) is 35.4 Å². The number of likely N-dealkylation sites (tertiary alicyclic amines) is 1. The fourth-order valence-corrected chi connectivity index (χ4v) is 3.26. The molecule has 3 aliphatic heterocycles. The Kier molecular flexibility index (Phi) is 3.16. The van der Waals surface area contributed by atoms with Crippen LogP contribution in [0.2, 0.25) is 0 Å². The molecule has 3 aliphatic rings. The molecule has 0 bridgehead atoms. The van der Waals surface area contributed by atoms with E-state index in [4.69, 9.17) is 9.47 Å². The second kappa shape index (κ2) is 5.16. The lowest BCUT2D eigenvalue weighted by atomic mass is 10.1. The Morgan fingerprint density at radius 3 is 3.10 bits per heavy atom. The predicted molar refractivity (Wildman–Crippen MR) is 78.0 cm³/mol. The number of ether oxygens (including phenoxy) is 2. The summed E-state index contributed by atoms with van der Waals surface area (Å²) in [6.07, 6.45) is 2.33. The molecule has 0 saturated carbocycles. The van der Waals surface area contributed by atoms with E-state index < -0.39 is 0 Å². The Labute approximate surface area is 123 Å². The van der Waals surface area contributed by atoms with E-state index in [9.17, 15) is 4.79 Å². The number of hydrogen-bond donors (Lipinski definition) is 1.